The summed E-state index contributed by atoms with van der Waals surface area (Å²) in [6.07, 6.45) is 4.61. The first kappa shape index (κ1) is 18.6. The number of carbonyl (C=O) groups is 1. The molecule has 0 bridgehead atoms. The molecule has 4 heterocycles. The van der Waals surface area contributed by atoms with E-state index in [1.165, 1.54) is 15.3 Å². The van der Waals surface area contributed by atoms with Gasteiger partial charge >= 0.3 is 0 Å². The van der Waals surface area contributed by atoms with Crippen molar-refractivity contribution in [2.75, 3.05) is 17.0 Å². The Bertz CT molecular complexity index is 1270. The molecule has 0 spiro atoms. The first-order valence-corrected chi connectivity index (χ1v) is 9.04. The van der Waals surface area contributed by atoms with Gasteiger partial charge in [0.25, 0.3) is 11.5 Å². The molecule has 10 nitrogen and oxygen atoms in total. The van der Waals surface area contributed by atoms with Gasteiger partial charge < -0.3 is 15.7 Å². The molecular formula is C18H17N8O2P. The topological polar surface area (TPSA) is 123 Å². The molecule has 0 aliphatic carbocycles. The third-order valence-corrected chi connectivity index (χ3v) is 4.45. The fraction of sp³-hybridized carbons (Fsp3) is 0.0556. The maximum absolute atomic E-state index is 12.9. The largest absolute Gasteiger partial charge is 0.365 e. The molecule has 0 aliphatic rings. The summed E-state index contributed by atoms with van der Waals surface area (Å²) in [5.41, 5.74) is 5.90. The van der Waals surface area contributed by atoms with Crippen molar-refractivity contribution in [1.82, 2.24) is 24.1 Å². The van der Waals surface area contributed by atoms with E-state index in [1.54, 1.807) is 60.5 Å². The molecule has 0 aromatic carbocycles. The number of carbonyl (C=O) groups excluding carboxylic acids is 1. The molecule has 3 N–H and O–H groups in total. The number of amides is 1. The number of nitrogens with zero attached hydrogens (tertiary/aromatic N) is 6. The summed E-state index contributed by atoms with van der Waals surface area (Å²) in [6.45, 7) is 0. The Kier molecular flexibility index (Phi) is 4.69. The lowest BCUT2D eigenvalue weighted by Gasteiger charge is -2.16. The van der Waals surface area contributed by atoms with Crippen LogP contribution in [0.1, 0.15) is 10.4 Å². The van der Waals surface area contributed by atoms with Gasteiger partial charge in [-0.15, -0.1) is 0 Å². The molecule has 0 saturated heterocycles. The number of nitrogens with one attached hydrogen (secondary N) is 1. The van der Waals surface area contributed by atoms with Crippen molar-refractivity contribution in [1.29, 1.82) is 0 Å². The predicted octanol–water partition coefficient (Wildman–Crippen LogP) is 1.34. The van der Waals surface area contributed by atoms with Gasteiger partial charge in [0.15, 0.2) is 5.65 Å². The number of fused-ring (bicyclic) bond motifs is 1. The molecule has 1 atom stereocenters. The SMILES string of the molecule is CN(P)c1cc(Nc2cccn(-c3ccccn3)c2=O)nc2c(C(N)=O)cnn12. The Morgan fingerprint density at radius 3 is 2.79 bits per heavy atom. The molecule has 0 aliphatic heterocycles. The quantitative estimate of drug-likeness (QED) is 0.478. The number of aromatic nitrogens is 5. The Morgan fingerprint density at radius 1 is 1.28 bits per heavy atom. The number of hydrogen-bond donors (Lipinski definition) is 2. The summed E-state index contributed by atoms with van der Waals surface area (Å²) < 4.78 is 4.65. The van der Waals surface area contributed by atoms with E-state index in [1.807, 2.05) is 0 Å². The van der Waals surface area contributed by atoms with Crippen molar-refractivity contribution < 1.29 is 4.79 Å². The van der Waals surface area contributed by atoms with Crippen molar-refractivity contribution in [3.05, 3.63) is 70.9 Å². The Balaban J connectivity index is 1.82. The molecule has 0 radical (unpaired) electrons. The third-order valence-electron chi connectivity index (χ3n) is 4.19. The standard InChI is InChI=1S/C18H17N8O2P/c1-24(29)15-9-13(23-17-11(16(19)27)10-21-26(15)17)22-12-5-4-8-25(18(12)28)14-6-2-3-7-20-14/h2-10H,29H2,1H3,(H2,19,27)(H,22,23). The minimum atomic E-state index is -0.640. The number of anilines is 3. The van der Waals surface area contributed by atoms with Gasteiger partial charge in [0, 0.05) is 25.5 Å². The van der Waals surface area contributed by atoms with E-state index in [2.05, 4.69) is 29.8 Å². The zero-order valence-corrected chi connectivity index (χ0v) is 16.5. The molecule has 4 rings (SSSR count). The molecule has 0 fully saturated rings. The van der Waals surface area contributed by atoms with Gasteiger partial charge in [-0.25, -0.2) is 9.97 Å². The van der Waals surface area contributed by atoms with Crippen LogP contribution in [-0.2, 0) is 0 Å². The van der Waals surface area contributed by atoms with Crippen LogP contribution in [0.2, 0.25) is 0 Å². The van der Waals surface area contributed by atoms with Crippen molar-refractivity contribution in [3.8, 4) is 5.82 Å². The van der Waals surface area contributed by atoms with Crippen LogP contribution in [-0.4, -0.2) is 37.1 Å². The van der Waals surface area contributed by atoms with E-state index < -0.39 is 5.91 Å². The Hall–Kier alpha value is -3.78. The Morgan fingerprint density at radius 2 is 2.10 bits per heavy atom. The van der Waals surface area contributed by atoms with Gasteiger partial charge in [0.2, 0.25) is 0 Å². The van der Waals surface area contributed by atoms with Gasteiger partial charge in [-0.1, -0.05) is 6.07 Å². The molecule has 4 aromatic heterocycles. The van der Waals surface area contributed by atoms with Crippen molar-refractivity contribution in [2.45, 2.75) is 0 Å². The van der Waals surface area contributed by atoms with Gasteiger partial charge in [0.05, 0.1) is 6.20 Å². The molecule has 0 saturated carbocycles. The van der Waals surface area contributed by atoms with Crippen molar-refractivity contribution >= 4 is 38.3 Å². The van der Waals surface area contributed by atoms with Crippen LogP contribution >= 0.6 is 9.39 Å². The molecule has 1 amide bonds. The molecule has 146 valence electrons. The second-order valence-electron chi connectivity index (χ2n) is 6.18. The second kappa shape index (κ2) is 7.33. The smallest absolute Gasteiger partial charge is 0.279 e. The number of rotatable bonds is 5. The normalized spacial score (nSPS) is 10.8. The minimum Gasteiger partial charge on any atom is -0.365 e. The summed E-state index contributed by atoms with van der Waals surface area (Å²) in [5, 5.41) is 7.20. The first-order valence-electron chi connectivity index (χ1n) is 8.53. The van der Waals surface area contributed by atoms with Crippen LogP contribution in [0.3, 0.4) is 0 Å². The van der Waals surface area contributed by atoms with E-state index in [9.17, 15) is 9.59 Å². The van der Waals surface area contributed by atoms with Crippen molar-refractivity contribution in [2.24, 2.45) is 5.73 Å². The number of pyridine rings is 2. The summed E-state index contributed by atoms with van der Waals surface area (Å²) in [4.78, 5) is 33.3. The highest BCUT2D eigenvalue weighted by Crippen LogP contribution is 2.24. The number of nitrogens with two attached hydrogens (primary N) is 1. The van der Waals surface area contributed by atoms with E-state index in [4.69, 9.17) is 5.73 Å². The minimum absolute atomic E-state index is 0.181. The molecule has 29 heavy (non-hydrogen) atoms. The molecule has 11 heteroatoms. The van der Waals surface area contributed by atoms with Crippen molar-refractivity contribution in [3.63, 3.8) is 0 Å². The van der Waals surface area contributed by atoms with Gasteiger partial charge in [-0.2, -0.15) is 9.61 Å². The summed E-state index contributed by atoms with van der Waals surface area (Å²) in [7, 11) is 4.31. The second-order valence-corrected chi connectivity index (χ2v) is 6.95. The fourth-order valence-corrected chi connectivity index (χ4v) is 3.02. The highest BCUT2D eigenvalue weighted by Gasteiger charge is 2.17. The fourth-order valence-electron chi connectivity index (χ4n) is 2.84. The molecule has 4 aromatic rings. The zero-order chi connectivity index (χ0) is 20.5. The third kappa shape index (κ3) is 3.41. The molecular weight excluding hydrogens is 391 g/mol. The number of primary amides is 1. The van der Waals surface area contributed by atoms with E-state index >= 15 is 0 Å². The van der Waals surface area contributed by atoms with Crippen LogP contribution < -0.4 is 21.3 Å². The van der Waals surface area contributed by atoms with Crippen LogP contribution in [0.15, 0.2) is 59.8 Å². The summed E-state index contributed by atoms with van der Waals surface area (Å²) in [5.74, 6) is 0.845. The van der Waals surface area contributed by atoms with Crippen LogP contribution in [0.4, 0.5) is 17.3 Å². The lowest BCUT2D eigenvalue weighted by molar-refractivity contribution is 0.100. The lowest BCUT2D eigenvalue weighted by atomic mass is 10.3. The number of hydrogen-bond acceptors (Lipinski definition) is 7. The highest BCUT2D eigenvalue weighted by atomic mass is 31.0. The van der Waals surface area contributed by atoms with Gasteiger partial charge in [0.1, 0.15) is 28.7 Å². The molecule has 1 unspecified atom stereocenters. The van der Waals surface area contributed by atoms with E-state index in [0.717, 1.165) is 0 Å². The average Bonchev–Trinajstić information content (AvgIpc) is 3.13. The maximum atomic E-state index is 12.9. The van der Waals surface area contributed by atoms with E-state index in [0.29, 0.717) is 23.1 Å². The first-order chi connectivity index (χ1) is 14.0. The van der Waals surface area contributed by atoms with Gasteiger partial charge in [-0.3, -0.25) is 14.2 Å². The van der Waals surface area contributed by atoms with Crippen LogP contribution in [0, 0.1) is 0 Å². The van der Waals surface area contributed by atoms with E-state index in [-0.39, 0.29) is 16.8 Å². The summed E-state index contributed by atoms with van der Waals surface area (Å²) in [6, 6.07) is 10.4. The monoisotopic (exact) mass is 408 g/mol. The average molecular weight is 408 g/mol. The zero-order valence-electron chi connectivity index (χ0n) is 15.4. The summed E-state index contributed by atoms with van der Waals surface area (Å²) >= 11 is 0. The Labute approximate surface area is 167 Å². The lowest BCUT2D eigenvalue weighted by Crippen LogP contribution is -2.21. The van der Waals surface area contributed by atoms with Gasteiger partial charge in [-0.05, 0) is 33.7 Å². The maximum Gasteiger partial charge on any atom is 0.279 e. The van der Waals surface area contributed by atoms with Crippen LogP contribution in [0.25, 0.3) is 11.5 Å². The highest BCUT2D eigenvalue weighted by molar-refractivity contribution is 7.18. The van der Waals surface area contributed by atoms with Crippen LogP contribution in [0.5, 0.6) is 0 Å². The predicted molar refractivity (Wildman–Crippen MR) is 113 cm³/mol.